The molecule has 0 bridgehead atoms. The Morgan fingerprint density at radius 3 is 2.90 bits per heavy atom. The largest absolute Gasteiger partial charge is 0.492 e. The maximum atomic E-state index is 12.8. The molecule has 21 heavy (non-hydrogen) atoms. The van der Waals surface area contributed by atoms with Gasteiger partial charge >= 0.3 is 0 Å². The summed E-state index contributed by atoms with van der Waals surface area (Å²) < 4.78 is 5.75. The minimum Gasteiger partial charge on any atom is -0.492 e. The summed E-state index contributed by atoms with van der Waals surface area (Å²) in [5, 5.41) is 0. The second-order valence-electron chi connectivity index (χ2n) is 6.96. The molecule has 0 spiro atoms. The highest BCUT2D eigenvalue weighted by atomic mass is 16.5. The summed E-state index contributed by atoms with van der Waals surface area (Å²) in [4.78, 5) is 14.7. The molecule has 0 radical (unpaired) electrons. The summed E-state index contributed by atoms with van der Waals surface area (Å²) in [5.41, 5.74) is 7.28. The average Bonchev–Trinajstić information content (AvgIpc) is 2.48. The zero-order valence-electron chi connectivity index (χ0n) is 12.8. The van der Waals surface area contributed by atoms with E-state index in [9.17, 15) is 4.79 Å². The van der Waals surface area contributed by atoms with Crippen LogP contribution in [0.1, 0.15) is 25.8 Å². The molecule has 3 rings (SSSR count). The van der Waals surface area contributed by atoms with Gasteiger partial charge in [0.05, 0.1) is 5.92 Å². The number of hydrogen-bond acceptors (Lipinski definition) is 3. The van der Waals surface area contributed by atoms with E-state index in [-0.39, 0.29) is 23.3 Å². The van der Waals surface area contributed by atoms with E-state index in [1.54, 1.807) is 0 Å². The molecule has 2 aliphatic heterocycles. The van der Waals surface area contributed by atoms with Gasteiger partial charge in [-0.05, 0) is 29.9 Å². The number of likely N-dealkylation sites (tertiary alicyclic amines) is 1. The van der Waals surface area contributed by atoms with Crippen LogP contribution in [0.5, 0.6) is 5.75 Å². The molecule has 1 aromatic carbocycles. The number of piperidine rings is 1. The van der Waals surface area contributed by atoms with Crippen LogP contribution in [0.2, 0.25) is 0 Å². The second kappa shape index (κ2) is 5.34. The third-order valence-corrected chi connectivity index (χ3v) is 4.85. The van der Waals surface area contributed by atoms with Crippen LogP contribution >= 0.6 is 0 Å². The van der Waals surface area contributed by atoms with Crippen molar-refractivity contribution in [2.24, 2.45) is 17.1 Å². The minimum absolute atomic E-state index is 0.0126. The number of rotatable bonds is 1. The van der Waals surface area contributed by atoms with Crippen molar-refractivity contribution in [2.45, 2.75) is 32.7 Å². The number of fused-ring (bicyclic) bond motifs is 1. The molecule has 4 nitrogen and oxygen atoms in total. The van der Waals surface area contributed by atoms with Gasteiger partial charge in [-0.15, -0.1) is 0 Å². The van der Waals surface area contributed by atoms with Gasteiger partial charge < -0.3 is 15.4 Å². The average molecular weight is 288 g/mol. The third-order valence-electron chi connectivity index (χ3n) is 4.85. The molecule has 2 atom stereocenters. The predicted molar refractivity (Wildman–Crippen MR) is 82.1 cm³/mol. The van der Waals surface area contributed by atoms with E-state index in [0.29, 0.717) is 6.61 Å². The van der Waals surface area contributed by atoms with Gasteiger partial charge in [-0.25, -0.2) is 0 Å². The molecule has 2 heterocycles. The standard InChI is InChI=1S/C17H24N2O2/c1-17(2)11-19(8-7-15(17)18)16(20)13-9-12-5-3-4-6-14(12)21-10-13/h3-6,13,15H,7-11,18H2,1-2H3. The van der Waals surface area contributed by atoms with Crippen molar-refractivity contribution < 1.29 is 9.53 Å². The molecule has 0 saturated carbocycles. The normalized spacial score (nSPS) is 27.7. The van der Waals surface area contributed by atoms with Crippen LogP contribution in [0.4, 0.5) is 0 Å². The first-order valence-electron chi connectivity index (χ1n) is 7.72. The van der Waals surface area contributed by atoms with Crippen LogP contribution in [-0.2, 0) is 11.2 Å². The van der Waals surface area contributed by atoms with E-state index in [0.717, 1.165) is 37.2 Å². The fourth-order valence-corrected chi connectivity index (χ4v) is 3.31. The number of para-hydroxylation sites is 1. The molecule has 4 heteroatoms. The molecule has 1 aromatic rings. The topological polar surface area (TPSA) is 55.6 Å². The molecular weight excluding hydrogens is 264 g/mol. The minimum atomic E-state index is -0.0648. The number of nitrogens with two attached hydrogens (primary N) is 1. The lowest BCUT2D eigenvalue weighted by molar-refractivity contribution is -0.140. The first kappa shape index (κ1) is 14.4. The van der Waals surface area contributed by atoms with Crippen LogP contribution < -0.4 is 10.5 Å². The number of carbonyl (C=O) groups is 1. The van der Waals surface area contributed by atoms with Gasteiger partial charge in [0.2, 0.25) is 5.91 Å². The Hall–Kier alpha value is -1.55. The molecule has 2 unspecified atom stereocenters. The van der Waals surface area contributed by atoms with Gasteiger partial charge in [0, 0.05) is 19.1 Å². The summed E-state index contributed by atoms with van der Waals surface area (Å²) in [6.07, 6.45) is 1.65. The lowest BCUT2D eigenvalue weighted by Gasteiger charge is -2.43. The lowest BCUT2D eigenvalue weighted by atomic mass is 9.79. The molecule has 114 valence electrons. The Morgan fingerprint density at radius 2 is 2.14 bits per heavy atom. The van der Waals surface area contributed by atoms with E-state index < -0.39 is 0 Å². The monoisotopic (exact) mass is 288 g/mol. The smallest absolute Gasteiger partial charge is 0.229 e. The SMILES string of the molecule is CC1(C)CN(C(=O)C2COc3ccccc3C2)CCC1N. The number of ether oxygens (including phenoxy) is 1. The second-order valence-corrected chi connectivity index (χ2v) is 6.96. The van der Waals surface area contributed by atoms with Crippen molar-refractivity contribution in [1.82, 2.24) is 4.90 Å². The van der Waals surface area contributed by atoms with E-state index >= 15 is 0 Å². The summed E-state index contributed by atoms with van der Waals surface area (Å²) in [6.45, 7) is 6.28. The van der Waals surface area contributed by atoms with Crippen molar-refractivity contribution in [3.8, 4) is 5.75 Å². The Balaban J connectivity index is 1.70. The van der Waals surface area contributed by atoms with Crippen molar-refractivity contribution in [2.75, 3.05) is 19.7 Å². The summed E-state index contributed by atoms with van der Waals surface area (Å²) >= 11 is 0. The van der Waals surface area contributed by atoms with Crippen molar-refractivity contribution in [3.63, 3.8) is 0 Å². The Labute approximate surface area is 126 Å². The van der Waals surface area contributed by atoms with Gasteiger partial charge in [0.15, 0.2) is 0 Å². The lowest BCUT2D eigenvalue weighted by Crippen LogP contribution is -2.55. The zero-order valence-corrected chi connectivity index (χ0v) is 12.8. The van der Waals surface area contributed by atoms with Crippen LogP contribution in [0, 0.1) is 11.3 Å². The fourth-order valence-electron chi connectivity index (χ4n) is 3.31. The quantitative estimate of drug-likeness (QED) is 0.857. The summed E-state index contributed by atoms with van der Waals surface area (Å²) in [5.74, 6) is 1.07. The highest BCUT2D eigenvalue weighted by Gasteiger charge is 2.38. The van der Waals surface area contributed by atoms with E-state index in [2.05, 4.69) is 13.8 Å². The first-order valence-corrected chi connectivity index (χ1v) is 7.72. The van der Waals surface area contributed by atoms with Crippen molar-refractivity contribution in [3.05, 3.63) is 29.8 Å². The van der Waals surface area contributed by atoms with Crippen LogP contribution in [0.25, 0.3) is 0 Å². The fraction of sp³-hybridized carbons (Fsp3) is 0.588. The summed E-state index contributed by atoms with van der Waals surface area (Å²) in [7, 11) is 0. The highest BCUT2D eigenvalue weighted by molar-refractivity contribution is 5.80. The van der Waals surface area contributed by atoms with E-state index in [1.807, 2.05) is 29.2 Å². The van der Waals surface area contributed by atoms with Crippen LogP contribution in [-0.4, -0.2) is 36.5 Å². The molecular formula is C17H24N2O2. The van der Waals surface area contributed by atoms with Gasteiger partial charge in [0.25, 0.3) is 0 Å². The maximum Gasteiger partial charge on any atom is 0.229 e. The molecule has 2 N–H and O–H groups in total. The third kappa shape index (κ3) is 2.77. The molecule has 0 aliphatic carbocycles. The number of nitrogens with zero attached hydrogens (tertiary/aromatic N) is 1. The number of amides is 1. The summed E-state index contributed by atoms with van der Waals surface area (Å²) in [6, 6.07) is 8.15. The van der Waals surface area contributed by atoms with Gasteiger partial charge in [-0.2, -0.15) is 0 Å². The molecule has 1 saturated heterocycles. The number of benzene rings is 1. The Kier molecular flexibility index (Phi) is 3.66. The molecule has 1 amide bonds. The van der Waals surface area contributed by atoms with Crippen molar-refractivity contribution >= 4 is 5.91 Å². The molecule has 0 aromatic heterocycles. The number of hydrogen-bond donors (Lipinski definition) is 1. The van der Waals surface area contributed by atoms with E-state index in [1.165, 1.54) is 0 Å². The zero-order chi connectivity index (χ0) is 15.0. The molecule has 2 aliphatic rings. The van der Waals surface area contributed by atoms with Gasteiger partial charge in [0.1, 0.15) is 12.4 Å². The number of carbonyl (C=O) groups excluding carboxylic acids is 1. The first-order chi connectivity index (χ1) is 9.97. The van der Waals surface area contributed by atoms with Crippen LogP contribution in [0.15, 0.2) is 24.3 Å². The maximum absolute atomic E-state index is 12.8. The molecule has 1 fully saturated rings. The predicted octanol–water partition coefficient (Wildman–Crippen LogP) is 1.82. The Bertz CT molecular complexity index is 541. The highest BCUT2D eigenvalue weighted by Crippen LogP contribution is 2.31. The van der Waals surface area contributed by atoms with Crippen LogP contribution in [0.3, 0.4) is 0 Å². The Morgan fingerprint density at radius 1 is 1.38 bits per heavy atom. The van der Waals surface area contributed by atoms with E-state index in [4.69, 9.17) is 10.5 Å². The van der Waals surface area contributed by atoms with Crippen molar-refractivity contribution in [1.29, 1.82) is 0 Å². The van der Waals surface area contributed by atoms with Gasteiger partial charge in [-0.3, -0.25) is 4.79 Å². The van der Waals surface area contributed by atoms with Gasteiger partial charge in [-0.1, -0.05) is 32.0 Å².